The van der Waals surface area contributed by atoms with Gasteiger partial charge in [-0.15, -0.1) is 0 Å². The first kappa shape index (κ1) is 12.9. The van der Waals surface area contributed by atoms with Crippen LogP contribution >= 0.6 is 0 Å². The zero-order valence-electron chi connectivity index (χ0n) is 11.0. The maximum absolute atomic E-state index is 5.37. The van der Waals surface area contributed by atoms with Crippen molar-refractivity contribution in [2.75, 3.05) is 10.7 Å². The number of nitrogens with two attached hydrogens (primary N) is 1. The Kier molecular flexibility index (Phi) is 3.65. The lowest BCUT2D eigenvalue weighted by molar-refractivity contribution is 0.794. The fourth-order valence-electron chi connectivity index (χ4n) is 1.70. The van der Waals surface area contributed by atoms with Crippen LogP contribution < -0.4 is 16.6 Å². The van der Waals surface area contributed by atoms with Gasteiger partial charge in [-0.3, -0.25) is 5.43 Å². The summed E-state index contributed by atoms with van der Waals surface area (Å²) in [6.45, 7) is 0.589. The van der Waals surface area contributed by atoms with Crippen LogP contribution in [0.5, 0.6) is 0 Å². The highest BCUT2D eigenvalue weighted by atomic mass is 15.4. The van der Waals surface area contributed by atoms with Crippen LogP contribution in [0.4, 0.5) is 11.9 Å². The number of nitrogens with one attached hydrogen (secondary N) is 2. The standard InChI is InChI=1S/C12H13N9/c13-20-11-17-10(15-6-9-4-2-1-3-5-9)18-12(19-11)21-8-14-7-16-21/h1-5,7-8H,6,13H2,(H2,15,17,18,19,20). The van der Waals surface area contributed by atoms with Gasteiger partial charge in [0.1, 0.15) is 12.7 Å². The molecule has 0 saturated heterocycles. The molecular formula is C12H13N9. The van der Waals surface area contributed by atoms with E-state index in [4.69, 9.17) is 5.84 Å². The fraction of sp³-hybridized carbons (Fsp3) is 0.0833. The number of aromatic nitrogens is 6. The topological polar surface area (TPSA) is 119 Å². The molecule has 0 radical (unpaired) electrons. The summed E-state index contributed by atoms with van der Waals surface area (Å²) in [5, 5.41) is 7.10. The Morgan fingerprint density at radius 2 is 1.86 bits per heavy atom. The van der Waals surface area contributed by atoms with Crippen LogP contribution in [0, 0.1) is 0 Å². The van der Waals surface area contributed by atoms with Crippen molar-refractivity contribution >= 4 is 11.9 Å². The van der Waals surface area contributed by atoms with Crippen LogP contribution in [0.25, 0.3) is 5.95 Å². The van der Waals surface area contributed by atoms with Crippen molar-refractivity contribution in [2.45, 2.75) is 6.54 Å². The molecule has 1 aromatic carbocycles. The molecule has 0 atom stereocenters. The van der Waals surface area contributed by atoms with Gasteiger partial charge in [-0.1, -0.05) is 30.3 Å². The molecule has 106 valence electrons. The third-order valence-electron chi connectivity index (χ3n) is 2.67. The van der Waals surface area contributed by atoms with E-state index >= 15 is 0 Å². The first-order valence-electron chi connectivity index (χ1n) is 6.20. The molecule has 0 aliphatic heterocycles. The van der Waals surface area contributed by atoms with E-state index in [2.05, 4.69) is 35.8 Å². The Bertz CT molecular complexity index is 696. The van der Waals surface area contributed by atoms with Crippen LogP contribution in [0.2, 0.25) is 0 Å². The number of hydrogen-bond acceptors (Lipinski definition) is 8. The lowest BCUT2D eigenvalue weighted by atomic mass is 10.2. The smallest absolute Gasteiger partial charge is 0.258 e. The van der Waals surface area contributed by atoms with Gasteiger partial charge in [0.05, 0.1) is 0 Å². The van der Waals surface area contributed by atoms with Gasteiger partial charge in [-0.2, -0.15) is 24.7 Å². The minimum atomic E-state index is 0.242. The zero-order chi connectivity index (χ0) is 14.5. The molecule has 2 aromatic heterocycles. The number of nitrogen functional groups attached to an aromatic ring is 1. The monoisotopic (exact) mass is 283 g/mol. The van der Waals surface area contributed by atoms with Crippen molar-refractivity contribution in [1.82, 2.24) is 29.7 Å². The van der Waals surface area contributed by atoms with Crippen LogP contribution in [0.1, 0.15) is 5.56 Å². The molecule has 2 heterocycles. The van der Waals surface area contributed by atoms with Crippen LogP contribution in [0.3, 0.4) is 0 Å². The summed E-state index contributed by atoms with van der Waals surface area (Å²) in [4.78, 5) is 16.4. The number of nitrogens with zero attached hydrogens (tertiary/aromatic N) is 6. The van der Waals surface area contributed by atoms with E-state index in [0.717, 1.165) is 5.56 Å². The molecule has 0 bridgehead atoms. The van der Waals surface area contributed by atoms with Gasteiger partial charge in [0.25, 0.3) is 5.95 Å². The summed E-state index contributed by atoms with van der Waals surface area (Å²) in [6, 6.07) is 9.92. The Morgan fingerprint density at radius 1 is 1.05 bits per heavy atom. The maximum Gasteiger partial charge on any atom is 0.258 e. The first-order chi connectivity index (χ1) is 10.3. The molecule has 0 aliphatic carbocycles. The van der Waals surface area contributed by atoms with E-state index in [0.29, 0.717) is 18.4 Å². The summed E-state index contributed by atoms with van der Waals surface area (Å²) >= 11 is 0. The lowest BCUT2D eigenvalue weighted by Crippen LogP contribution is -2.16. The number of anilines is 2. The minimum Gasteiger partial charge on any atom is -0.350 e. The van der Waals surface area contributed by atoms with Gasteiger partial charge in [0, 0.05) is 6.54 Å². The highest BCUT2D eigenvalue weighted by molar-refractivity contribution is 5.37. The summed E-state index contributed by atoms with van der Waals surface area (Å²) in [7, 11) is 0. The molecule has 3 rings (SSSR count). The van der Waals surface area contributed by atoms with Gasteiger partial charge < -0.3 is 5.32 Å². The average molecular weight is 283 g/mol. The second-order valence-electron chi connectivity index (χ2n) is 4.11. The van der Waals surface area contributed by atoms with Crippen LogP contribution in [-0.2, 0) is 6.54 Å². The third kappa shape index (κ3) is 3.09. The molecule has 0 fully saturated rings. The largest absolute Gasteiger partial charge is 0.350 e. The molecular weight excluding hydrogens is 270 g/mol. The van der Waals surface area contributed by atoms with Gasteiger partial charge in [0.2, 0.25) is 11.9 Å². The number of benzene rings is 1. The van der Waals surface area contributed by atoms with E-state index in [1.165, 1.54) is 17.3 Å². The van der Waals surface area contributed by atoms with Crippen molar-refractivity contribution in [2.24, 2.45) is 5.84 Å². The minimum absolute atomic E-state index is 0.242. The number of rotatable bonds is 5. The van der Waals surface area contributed by atoms with Crippen molar-refractivity contribution in [3.8, 4) is 5.95 Å². The van der Waals surface area contributed by atoms with Crippen molar-refractivity contribution in [3.63, 3.8) is 0 Å². The predicted octanol–water partition coefficient (Wildman–Crippen LogP) is 0.350. The highest BCUT2D eigenvalue weighted by Gasteiger charge is 2.08. The average Bonchev–Trinajstić information content (AvgIpc) is 3.08. The van der Waals surface area contributed by atoms with Gasteiger partial charge in [-0.25, -0.2) is 10.8 Å². The molecule has 21 heavy (non-hydrogen) atoms. The summed E-state index contributed by atoms with van der Waals surface area (Å²) in [5.74, 6) is 6.33. The van der Waals surface area contributed by atoms with E-state index in [1.54, 1.807) is 0 Å². The molecule has 0 spiro atoms. The number of hydrogen-bond donors (Lipinski definition) is 3. The lowest BCUT2D eigenvalue weighted by Gasteiger charge is -2.08. The Balaban J connectivity index is 1.83. The highest BCUT2D eigenvalue weighted by Crippen LogP contribution is 2.09. The molecule has 9 heteroatoms. The Morgan fingerprint density at radius 3 is 2.57 bits per heavy atom. The second kappa shape index (κ2) is 5.92. The summed E-state index contributed by atoms with van der Waals surface area (Å²) in [5.41, 5.74) is 3.52. The summed E-state index contributed by atoms with van der Waals surface area (Å²) in [6.07, 6.45) is 2.90. The maximum atomic E-state index is 5.37. The van der Waals surface area contributed by atoms with Crippen molar-refractivity contribution < 1.29 is 0 Å². The molecule has 0 unspecified atom stereocenters. The first-order valence-corrected chi connectivity index (χ1v) is 6.20. The van der Waals surface area contributed by atoms with Gasteiger partial charge in [0.15, 0.2) is 0 Å². The third-order valence-corrected chi connectivity index (χ3v) is 2.67. The molecule has 0 saturated carbocycles. The quantitative estimate of drug-likeness (QED) is 0.453. The van der Waals surface area contributed by atoms with Crippen LogP contribution in [-0.4, -0.2) is 29.7 Å². The second-order valence-corrected chi connectivity index (χ2v) is 4.11. The molecule has 9 nitrogen and oxygen atoms in total. The molecule has 0 amide bonds. The predicted molar refractivity (Wildman–Crippen MR) is 76.3 cm³/mol. The van der Waals surface area contributed by atoms with E-state index < -0.39 is 0 Å². The van der Waals surface area contributed by atoms with E-state index in [-0.39, 0.29) is 5.95 Å². The summed E-state index contributed by atoms with van der Waals surface area (Å²) < 4.78 is 1.43. The van der Waals surface area contributed by atoms with Crippen molar-refractivity contribution in [3.05, 3.63) is 48.5 Å². The van der Waals surface area contributed by atoms with E-state index in [9.17, 15) is 0 Å². The Labute approximate surface area is 120 Å². The molecule has 0 aliphatic rings. The van der Waals surface area contributed by atoms with Crippen LogP contribution in [0.15, 0.2) is 43.0 Å². The normalized spacial score (nSPS) is 10.3. The zero-order valence-corrected chi connectivity index (χ0v) is 11.0. The SMILES string of the molecule is NNc1nc(NCc2ccccc2)nc(-n2cncn2)n1. The molecule has 3 aromatic rings. The van der Waals surface area contributed by atoms with Gasteiger partial charge >= 0.3 is 0 Å². The van der Waals surface area contributed by atoms with Gasteiger partial charge in [-0.05, 0) is 5.56 Å². The van der Waals surface area contributed by atoms with E-state index in [1.807, 2.05) is 30.3 Å². The molecule has 4 N–H and O–H groups in total. The Hall–Kier alpha value is -3.07. The fourth-order valence-corrected chi connectivity index (χ4v) is 1.70. The van der Waals surface area contributed by atoms with Crippen molar-refractivity contribution in [1.29, 1.82) is 0 Å². The number of hydrazine groups is 1.